The Bertz CT molecular complexity index is 356. The van der Waals surface area contributed by atoms with Crippen LogP contribution >= 0.6 is 0 Å². The molecule has 18 heavy (non-hydrogen) atoms. The first-order chi connectivity index (χ1) is 8.63. The summed E-state index contributed by atoms with van der Waals surface area (Å²) in [5.74, 6) is 0.345. The number of methoxy groups -OCH3 is 1. The lowest BCUT2D eigenvalue weighted by atomic mass is 10.2. The number of nitrogens with zero attached hydrogens (tertiary/aromatic N) is 1. The molecule has 0 saturated carbocycles. The van der Waals surface area contributed by atoms with E-state index in [1.165, 1.54) is 13.2 Å². The lowest BCUT2D eigenvalue weighted by molar-refractivity contribution is 0.391. The minimum absolute atomic E-state index is 0.213. The molecule has 0 aliphatic heterocycles. The summed E-state index contributed by atoms with van der Waals surface area (Å²) < 4.78 is 18.6. The first-order valence-corrected chi connectivity index (χ1v) is 6.31. The van der Waals surface area contributed by atoms with Gasteiger partial charge in [-0.15, -0.1) is 0 Å². The second kappa shape index (κ2) is 8.06. The Morgan fingerprint density at radius 3 is 2.67 bits per heavy atom. The van der Waals surface area contributed by atoms with Crippen LogP contribution in [0, 0.1) is 5.82 Å². The van der Waals surface area contributed by atoms with Gasteiger partial charge >= 0.3 is 0 Å². The molecule has 0 atom stereocenters. The second-order valence-electron chi connectivity index (χ2n) is 4.64. The minimum atomic E-state index is -0.213. The van der Waals surface area contributed by atoms with Crippen molar-refractivity contribution < 1.29 is 9.13 Å². The first-order valence-electron chi connectivity index (χ1n) is 6.31. The maximum Gasteiger partial charge on any atom is 0.131 e. The molecular formula is C14H23FN2O. The van der Waals surface area contributed by atoms with E-state index in [0.717, 1.165) is 25.9 Å². The third-order valence-electron chi connectivity index (χ3n) is 2.78. The maximum atomic E-state index is 13.6. The van der Waals surface area contributed by atoms with E-state index in [9.17, 15) is 4.39 Å². The van der Waals surface area contributed by atoms with E-state index in [-0.39, 0.29) is 5.82 Å². The van der Waals surface area contributed by atoms with E-state index < -0.39 is 0 Å². The Morgan fingerprint density at radius 1 is 1.28 bits per heavy atom. The first kappa shape index (κ1) is 14.9. The molecule has 0 radical (unpaired) electrons. The van der Waals surface area contributed by atoms with Crippen molar-refractivity contribution in [3.63, 3.8) is 0 Å². The largest absolute Gasteiger partial charge is 0.497 e. The van der Waals surface area contributed by atoms with Gasteiger partial charge in [0.2, 0.25) is 0 Å². The van der Waals surface area contributed by atoms with Gasteiger partial charge in [-0.3, -0.25) is 0 Å². The fraction of sp³-hybridized carbons (Fsp3) is 0.571. The van der Waals surface area contributed by atoms with Crippen LogP contribution in [-0.2, 0) is 6.54 Å². The van der Waals surface area contributed by atoms with Crippen molar-refractivity contribution in [2.75, 3.05) is 34.3 Å². The monoisotopic (exact) mass is 254 g/mol. The summed E-state index contributed by atoms with van der Waals surface area (Å²) in [6.07, 6.45) is 2.26. The van der Waals surface area contributed by atoms with Crippen LogP contribution in [0.4, 0.5) is 4.39 Å². The highest BCUT2D eigenvalue weighted by Gasteiger charge is 2.03. The molecule has 0 aromatic heterocycles. The van der Waals surface area contributed by atoms with Crippen LogP contribution in [0.25, 0.3) is 0 Å². The van der Waals surface area contributed by atoms with Gasteiger partial charge in [-0.1, -0.05) is 6.07 Å². The van der Waals surface area contributed by atoms with Crippen LogP contribution in [0.1, 0.15) is 18.4 Å². The Hall–Kier alpha value is -1.13. The fourth-order valence-electron chi connectivity index (χ4n) is 1.70. The van der Waals surface area contributed by atoms with Crippen molar-refractivity contribution in [3.8, 4) is 5.75 Å². The second-order valence-corrected chi connectivity index (χ2v) is 4.64. The molecule has 1 N–H and O–H groups in total. The highest BCUT2D eigenvalue weighted by Crippen LogP contribution is 2.15. The van der Waals surface area contributed by atoms with Crippen molar-refractivity contribution in [1.29, 1.82) is 0 Å². The minimum Gasteiger partial charge on any atom is -0.497 e. The average Bonchev–Trinajstić information content (AvgIpc) is 2.34. The molecule has 0 saturated heterocycles. The van der Waals surface area contributed by atoms with Crippen molar-refractivity contribution in [3.05, 3.63) is 29.6 Å². The van der Waals surface area contributed by atoms with Crippen molar-refractivity contribution >= 4 is 0 Å². The van der Waals surface area contributed by atoms with Gasteiger partial charge in [0.1, 0.15) is 11.6 Å². The van der Waals surface area contributed by atoms with E-state index in [2.05, 4.69) is 24.3 Å². The molecule has 0 fully saturated rings. The summed E-state index contributed by atoms with van der Waals surface area (Å²) in [5, 5.41) is 3.25. The summed E-state index contributed by atoms with van der Waals surface area (Å²) in [5.41, 5.74) is 0.684. The standard InChI is InChI=1S/C14H23FN2O/c1-17(2)9-5-4-8-16-11-12-6-7-13(18-3)10-14(12)15/h6-7,10,16H,4-5,8-9,11H2,1-3H3. The summed E-state index contributed by atoms with van der Waals surface area (Å²) in [4.78, 5) is 2.17. The molecule has 1 aromatic rings. The third kappa shape index (κ3) is 5.47. The van der Waals surface area contributed by atoms with Crippen molar-refractivity contribution in [1.82, 2.24) is 10.2 Å². The van der Waals surface area contributed by atoms with Gasteiger partial charge < -0.3 is 15.0 Å². The highest BCUT2D eigenvalue weighted by atomic mass is 19.1. The molecular weight excluding hydrogens is 231 g/mol. The van der Waals surface area contributed by atoms with Crippen LogP contribution in [0.5, 0.6) is 5.75 Å². The van der Waals surface area contributed by atoms with Crippen molar-refractivity contribution in [2.24, 2.45) is 0 Å². The van der Waals surface area contributed by atoms with Gasteiger partial charge in [-0.25, -0.2) is 4.39 Å². The quantitative estimate of drug-likeness (QED) is 0.720. The normalized spacial score (nSPS) is 10.9. The van der Waals surface area contributed by atoms with E-state index in [0.29, 0.717) is 17.9 Å². The van der Waals surface area contributed by atoms with Crippen molar-refractivity contribution in [2.45, 2.75) is 19.4 Å². The Kier molecular flexibility index (Phi) is 6.68. The van der Waals surface area contributed by atoms with E-state index >= 15 is 0 Å². The molecule has 0 amide bonds. The van der Waals surface area contributed by atoms with Crippen LogP contribution in [0.2, 0.25) is 0 Å². The molecule has 1 aromatic carbocycles. The van der Waals surface area contributed by atoms with Gasteiger partial charge in [-0.05, 0) is 46.1 Å². The SMILES string of the molecule is COc1ccc(CNCCCCN(C)C)c(F)c1. The van der Waals surface area contributed by atoms with Gasteiger partial charge in [-0.2, -0.15) is 0 Å². The number of hydrogen-bond acceptors (Lipinski definition) is 3. The molecule has 0 bridgehead atoms. The molecule has 0 heterocycles. The zero-order valence-corrected chi connectivity index (χ0v) is 11.5. The number of rotatable bonds is 8. The topological polar surface area (TPSA) is 24.5 Å². The molecule has 0 aliphatic carbocycles. The lowest BCUT2D eigenvalue weighted by Gasteiger charge is -2.10. The number of unbranched alkanes of at least 4 members (excludes halogenated alkanes) is 1. The van der Waals surface area contributed by atoms with Gasteiger partial charge in [0.25, 0.3) is 0 Å². The summed E-state index contributed by atoms with van der Waals surface area (Å²) in [7, 11) is 5.68. The Morgan fingerprint density at radius 2 is 2.06 bits per heavy atom. The molecule has 0 aliphatic rings. The van der Waals surface area contributed by atoms with Gasteiger partial charge in [0.05, 0.1) is 7.11 Å². The molecule has 102 valence electrons. The zero-order valence-electron chi connectivity index (χ0n) is 11.5. The van der Waals surface area contributed by atoms with Crippen LogP contribution < -0.4 is 10.1 Å². The number of ether oxygens (including phenoxy) is 1. The number of halogens is 1. The summed E-state index contributed by atoms with van der Waals surface area (Å²) in [6, 6.07) is 4.97. The Labute approximate surface area is 109 Å². The predicted octanol–water partition coefficient (Wildman–Crippen LogP) is 2.27. The van der Waals surface area contributed by atoms with Gasteiger partial charge in [0.15, 0.2) is 0 Å². The van der Waals surface area contributed by atoms with E-state index in [4.69, 9.17) is 4.74 Å². The maximum absolute atomic E-state index is 13.6. The number of benzene rings is 1. The number of nitrogens with one attached hydrogen (secondary N) is 1. The van der Waals surface area contributed by atoms with E-state index in [1.54, 1.807) is 12.1 Å². The summed E-state index contributed by atoms with van der Waals surface area (Å²) in [6.45, 7) is 2.58. The average molecular weight is 254 g/mol. The predicted molar refractivity (Wildman–Crippen MR) is 72.4 cm³/mol. The Balaban J connectivity index is 2.23. The lowest BCUT2D eigenvalue weighted by Crippen LogP contribution is -2.18. The molecule has 3 nitrogen and oxygen atoms in total. The molecule has 1 rings (SSSR count). The van der Waals surface area contributed by atoms with Gasteiger partial charge in [0, 0.05) is 18.2 Å². The smallest absolute Gasteiger partial charge is 0.131 e. The third-order valence-corrected chi connectivity index (χ3v) is 2.78. The number of hydrogen-bond donors (Lipinski definition) is 1. The molecule has 4 heteroatoms. The van der Waals surface area contributed by atoms with Crippen LogP contribution in [-0.4, -0.2) is 39.2 Å². The van der Waals surface area contributed by atoms with E-state index in [1.807, 2.05) is 0 Å². The molecule has 0 spiro atoms. The molecule has 0 unspecified atom stereocenters. The van der Waals surface area contributed by atoms with Crippen LogP contribution in [0.3, 0.4) is 0 Å². The fourth-order valence-corrected chi connectivity index (χ4v) is 1.70. The highest BCUT2D eigenvalue weighted by molar-refractivity contribution is 5.28. The van der Waals surface area contributed by atoms with Crippen LogP contribution in [0.15, 0.2) is 18.2 Å². The zero-order chi connectivity index (χ0) is 13.4. The summed E-state index contributed by atoms with van der Waals surface area (Å²) >= 11 is 0.